The van der Waals surface area contributed by atoms with Crippen molar-refractivity contribution in [2.75, 3.05) is 5.32 Å². The molecule has 0 spiro atoms. The van der Waals surface area contributed by atoms with Gasteiger partial charge in [0.25, 0.3) is 5.24 Å². The van der Waals surface area contributed by atoms with Crippen LogP contribution in [0.1, 0.15) is 0 Å². The molecule has 0 aliphatic carbocycles. The van der Waals surface area contributed by atoms with Crippen LogP contribution >= 0.6 is 24.0 Å². The summed E-state index contributed by atoms with van der Waals surface area (Å²) in [5.74, 6) is 0. The van der Waals surface area contributed by atoms with E-state index in [0.29, 0.717) is 4.99 Å². The van der Waals surface area contributed by atoms with Gasteiger partial charge in [-0.25, -0.2) is 0 Å². The quantitative estimate of drug-likeness (QED) is 0.756. The van der Waals surface area contributed by atoms with E-state index in [4.69, 9.17) is 12.2 Å². The molecule has 5 heteroatoms. The van der Waals surface area contributed by atoms with E-state index < -0.39 is 0 Å². The number of hydrogen-bond acceptors (Lipinski definition) is 4. The van der Waals surface area contributed by atoms with Crippen LogP contribution < -0.4 is 10.6 Å². The van der Waals surface area contributed by atoms with E-state index in [1.165, 1.54) is 11.8 Å². The Labute approximate surface area is 91.3 Å². The summed E-state index contributed by atoms with van der Waals surface area (Å²) in [7, 11) is 0. The van der Waals surface area contributed by atoms with Crippen LogP contribution in [-0.4, -0.2) is 15.6 Å². The molecule has 3 nitrogen and oxygen atoms in total. The van der Waals surface area contributed by atoms with Gasteiger partial charge in [-0.1, -0.05) is 30.4 Å². The van der Waals surface area contributed by atoms with E-state index in [0.717, 1.165) is 5.69 Å². The maximum atomic E-state index is 11.0. The molecule has 0 unspecified atom stereocenters. The molecular formula is C9H8N2OS2. The number of nitrogens with one attached hydrogen (secondary N) is 2. The third-order valence-corrected chi connectivity index (χ3v) is 3.15. The van der Waals surface area contributed by atoms with E-state index in [1.54, 1.807) is 0 Å². The highest BCUT2D eigenvalue weighted by Crippen LogP contribution is 2.21. The smallest absolute Gasteiger partial charge is 0.286 e. The summed E-state index contributed by atoms with van der Waals surface area (Å²) in [6, 6.07) is 9.67. The van der Waals surface area contributed by atoms with Crippen molar-refractivity contribution >= 4 is 39.9 Å². The number of carbonyl (C=O) groups is 1. The van der Waals surface area contributed by atoms with Crippen molar-refractivity contribution < 1.29 is 4.79 Å². The van der Waals surface area contributed by atoms with Gasteiger partial charge in [-0.05, 0) is 23.9 Å². The van der Waals surface area contributed by atoms with Gasteiger partial charge in [0.2, 0.25) is 0 Å². The Morgan fingerprint density at radius 1 is 1.36 bits per heavy atom. The lowest BCUT2D eigenvalue weighted by molar-refractivity contribution is 0.265. The zero-order valence-electron chi connectivity index (χ0n) is 7.19. The van der Waals surface area contributed by atoms with Crippen molar-refractivity contribution in [1.29, 1.82) is 0 Å². The van der Waals surface area contributed by atoms with Crippen LogP contribution in [0.25, 0.3) is 0 Å². The van der Waals surface area contributed by atoms with Gasteiger partial charge in [0, 0.05) is 5.69 Å². The summed E-state index contributed by atoms with van der Waals surface area (Å²) >= 11 is 6.17. The predicted octanol–water partition coefficient (Wildman–Crippen LogP) is 2.21. The first kappa shape index (κ1) is 9.48. The monoisotopic (exact) mass is 224 g/mol. The number of thiocarbonyl (C=S) groups is 1. The fourth-order valence-corrected chi connectivity index (χ4v) is 2.24. The van der Waals surface area contributed by atoms with Gasteiger partial charge in [0.15, 0.2) is 0 Å². The minimum atomic E-state index is -0.139. The molecular weight excluding hydrogens is 216 g/mol. The van der Waals surface area contributed by atoms with Crippen molar-refractivity contribution in [2.45, 2.75) is 5.37 Å². The number of hydrogen-bond donors (Lipinski definition) is 2. The van der Waals surface area contributed by atoms with E-state index >= 15 is 0 Å². The van der Waals surface area contributed by atoms with Crippen LogP contribution in [0.4, 0.5) is 10.5 Å². The fourth-order valence-electron chi connectivity index (χ4n) is 1.14. The Morgan fingerprint density at radius 3 is 2.64 bits per heavy atom. The molecule has 14 heavy (non-hydrogen) atoms. The molecule has 1 aliphatic heterocycles. The SMILES string of the molecule is O=C1NC(=S)[C@H](Nc2ccccc2)S1. The van der Waals surface area contributed by atoms with Crippen LogP contribution in [0, 0.1) is 0 Å². The summed E-state index contributed by atoms with van der Waals surface area (Å²) in [4.78, 5) is 11.5. The molecule has 1 atom stereocenters. The molecule has 1 aromatic rings. The number of carbonyl (C=O) groups excluding carboxylic acids is 1. The number of para-hydroxylation sites is 1. The van der Waals surface area contributed by atoms with Crippen LogP contribution in [0.2, 0.25) is 0 Å². The Kier molecular flexibility index (Phi) is 2.69. The summed E-state index contributed by atoms with van der Waals surface area (Å²) in [5, 5.41) is 5.51. The molecule has 0 radical (unpaired) electrons. The van der Waals surface area contributed by atoms with Gasteiger partial charge in [-0.3, -0.25) is 4.79 Å². The first-order chi connectivity index (χ1) is 6.75. The molecule has 1 heterocycles. The Morgan fingerprint density at radius 2 is 2.07 bits per heavy atom. The van der Waals surface area contributed by atoms with Gasteiger partial charge in [0.05, 0.1) is 0 Å². The summed E-state index contributed by atoms with van der Waals surface area (Å²) in [6.07, 6.45) is 0. The third kappa shape index (κ3) is 2.05. The van der Waals surface area contributed by atoms with Crippen LogP contribution in [0.5, 0.6) is 0 Å². The van der Waals surface area contributed by atoms with Gasteiger partial charge in [-0.2, -0.15) is 0 Å². The number of amides is 1. The van der Waals surface area contributed by atoms with Crippen LogP contribution in [0.15, 0.2) is 30.3 Å². The van der Waals surface area contributed by atoms with Crippen molar-refractivity contribution in [1.82, 2.24) is 5.32 Å². The van der Waals surface area contributed by atoms with E-state index in [-0.39, 0.29) is 10.6 Å². The number of rotatable bonds is 2. The lowest BCUT2D eigenvalue weighted by Crippen LogP contribution is -2.27. The Bertz CT molecular complexity index is 366. The highest BCUT2D eigenvalue weighted by molar-refractivity contribution is 8.16. The number of anilines is 1. The lowest BCUT2D eigenvalue weighted by atomic mass is 10.3. The topological polar surface area (TPSA) is 41.1 Å². The molecule has 0 bridgehead atoms. The molecule has 1 aliphatic rings. The Hall–Kier alpha value is -1.07. The van der Waals surface area contributed by atoms with Gasteiger partial charge in [-0.15, -0.1) is 0 Å². The molecule has 1 amide bonds. The molecule has 2 N–H and O–H groups in total. The maximum Gasteiger partial charge on any atom is 0.286 e. The maximum absolute atomic E-state index is 11.0. The second-order valence-electron chi connectivity index (χ2n) is 2.78. The first-order valence-corrected chi connectivity index (χ1v) is 5.37. The van der Waals surface area contributed by atoms with Gasteiger partial charge in [0.1, 0.15) is 10.4 Å². The van der Waals surface area contributed by atoms with Gasteiger partial charge < -0.3 is 10.6 Å². The van der Waals surface area contributed by atoms with Crippen molar-refractivity contribution in [3.8, 4) is 0 Å². The zero-order valence-corrected chi connectivity index (χ0v) is 8.82. The van der Waals surface area contributed by atoms with Crippen molar-refractivity contribution in [3.05, 3.63) is 30.3 Å². The second-order valence-corrected chi connectivity index (χ2v) is 4.30. The molecule has 0 saturated carbocycles. The first-order valence-electron chi connectivity index (χ1n) is 4.09. The van der Waals surface area contributed by atoms with Crippen LogP contribution in [0.3, 0.4) is 0 Å². The van der Waals surface area contributed by atoms with Crippen LogP contribution in [-0.2, 0) is 0 Å². The minimum Gasteiger partial charge on any atom is -0.367 e. The largest absolute Gasteiger partial charge is 0.367 e. The van der Waals surface area contributed by atoms with Crippen molar-refractivity contribution in [3.63, 3.8) is 0 Å². The summed E-state index contributed by atoms with van der Waals surface area (Å²) in [6.45, 7) is 0. The standard InChI is InChI=1S/C9H8N2OS2/c12-9-11-7(13)8(14-9)10-6-4-2-1-3-5-6/h1-5,8,10H,(H,11,12,13)/t8-/m1/s1. The van der Waals surface area contributed by atoms with E-state index in [1.807, 2.05) is 30.3 Å². The molecule has 1 fully saturated rings. The van der Waals surface area contributed by atoms with Gasteiger partial charge >= 0.3 is 0 Å². The highest BCUT2D eigenvalue weighted by Gasteiger charge is 2.27. The molecule has 0 aromatic heterocycles. The van der Waals surface area contributed by atoms with Crippen molar-refractivity contribution in [2.24, 2.45) is 0 Å². The molecule has 2 rings (SSSR count). The predicted molar refractivity (Wildman–Crippen MR) is 62.6 cm³/mol. The van der Waals surface area contributed by atoms with E-state index in [9.17, 15) is 4.79 Å². The minimum absolute atomic E-state index is 0.0940. The third-order valence-electron chi connectivity index (χ3n) is 1.76. The molecule has 1 saturated heterocycles. The lowest BCUT2D eigenvalue weighted by Gasteiger charge is -2.10. The number of thioether (sulfide) groups is 1. The highest BCUT2D eigenvalue weighted by atomic mass is 32.2. The molecule has 1 aromatic carbocycles. The zero-order chi connectivity index (χ0) is 9.97. The summed E-state index contributed by atoms with van der Waals surface area (Å²) in [5.41, 5.74) is 0.962. The summed E-state index contributed by atoms with van der Waals surface area (Å²) < 4.78 is 0. The normalized spacial score (nSPS) is 20.7. The number of benzene rings is 1. The average molecular weight is 224 g/mol. The Balaban J connectivity index is 2.05. The molecule has 72 valence electrons. The van der Waals surface area contributed by atoms with E-state index in [2.05, 4.69) is 10.6 Å². The average Bonchev–Trinajstić information content (AvgIpc) is 2.47. The fraction of sp³-hybridized carbons (Fsp3) is 0.111. The second kappa shape index (κ2) is 3.98.